The number of nitrogens with one attached hydrogen (secondary N) is 2. The average molecular weight is 449 g/mol. The monoisotopic (exact) mass is 448 g/mol. The Morgan fingerprint density at radius 3 is 2.59 bits per heavy atom. The van der Waals surface area contributed by atoms with Gasteiger partial charge in [0.25, 0.3) is 5.91 Å². The van der Waals surface area contributed by atoms with Crippen LogP contribution in [-0.4, -0.2) is 28.0 Å². The third kappa shape index (κ3) is 5.28. The lowest BCUT2D eigenvalue weighted by Crippen LogP contribution is -2.30. The second kappa shape index (κ2) is 10.5. The van der Waals surface area contributed by atoms with Gasteiger partial charge >= 0.3 is 6.03 Å². The number of thioether (sulfide) groups is 1. The molecule has 0 aliphatic rings. The number of nitrogens with zero attached hydrogens (tertiary/aromatic N) is 3. The number of primary amides is 1. The molecule has 0 saturated heterocycles. The van der Waals surface area contributed by atoms with Crippen LogP contribution in [0.4, 0.5) is 10.5 Å². The van der Waals surface area contributed by atoms with Crippen LogP contribution in [0.5, 0.6) is 0 Å². The summed E-state index contributed by atoms with van der Waals surface area (Å²) in [7, 11) is 0. The molecule has 4 N–H and O–H groups in total. The molecule has 1 aromatic heterocycles. The molecule has 3 amide bonds. The van der Waals surface area contributed by atoms with Gasteiger partial charge < -0.3 is 16.4 Å². The highest BCUT2D eigenvalue weighted by molar-refractivity contribution is 7.98. The number of hydrogen-bond donors (Lipinski definition) is 3. The lowest BCUT2D eigenvalue weighted by molar-refractivity contribution is 0.0999. The molecule has 0 spiro atoms. The molecule has 0 aliphatic heterocycles. The fourth-order valence-electron chi connectivity index (χ4n) is 3.27. The fraction of sp³-hybridized carbons (Fsp3) is 0.217. The Morgan fingerprint density at radius 2 is 1.97 bits per heavy atom. The minimum absolute atomic E-state index is 0.0790. The van der Waals surface area contributed by atoms with Gasteiger partial charge in [0, 0.05) is 22.7 Å². The number of urea groups is 1. The summed E-state index contributed by atoms with van der Waals surface area (Å²) >= 11 is 1.60. The summed E-state index contributed by atoms with van der Waals surface area (Å²) in [6.45, 7) is 2.67. The van der Waals surface area contributed by atoms with Crippen molar-refractivity contribution in [1.29, 1.82) is 5.26 Å². The van der Waals surface area contributed by atoms with Crippen LogP contribution in [0.2, 0.25) is 0 Å². The Morgan fingerprint density at radius 1 is 1.22 bits per heavy atom. The molecule has 164 valence electrons. The van der Waals surface area contributed by atoms with Crippen LogP contribution in [0.1, 0.15) is 35.0 Å². The van der Waals surface area contributed by atoms with Crippen molar-refractivity contribution in [2.75, 3.05) is 11.6 Å². The zero-order chi connectivity index (χ0) is 23.1. The maximum absolute atomic E-state index is 12.4. The number of carbonyl (C=O) groups excluding carboxylic acids is 2. The van der Waals surface area contributed by atoms with Crippen molar-refractivity contribution in [2.45, 2.75) is 31.3 Å². The second-order valence-corrected chi connectivity index (χ2v) is 7.87. The van der Waals surface area contributed by atoms with Gasteiger partial charge in [0.05, 0.1) is 29.4 Å². The smallest absolute Gasteiger partial charge is 0.319 e. The molecular formula is C23H24N6O2S. The highest BCUT2D eigenvalue weighted by Crippen LogP contribution is 2.28. The second-order valence-electron chi connectivity index (χ2n) is 6.99. The van der Waals surface area contributed by atoms with Crippen molar-refractivity contribution in [3.05, 3.63) is 65.4 Å². The van der Waals surface area contributed by atoms with Crippen molar-refractivity contribution < 1.29 is 9.59 Å². The zero-order valence-corrected chi connectivity index (χ0v) is 18.7. The van der Waals surface area contributed by atoms with E-state index in [0.29, 0.717) is 34.7 Å². The molecule has 2 aromatic carbocycles. The number of amides is 3. The minimum atomic E-state index is -0.596. The summed E-state index contributed by atoms with van der Waals surface area (Å²) in [4.78, 5) is 25.9. The largest absolute Gasteiger partial charge is 0.365 e. The first-order valence-corrected chi connectivity index (χ1v) is 11.3. The van der Waals surface area contributed by atoms with Gasteiger partial charge in [-0.3, -0.25) is 9.48 Å². The number of carbonyl (C=O) groups is 2. The van der Waals surface area contributed by atoms with E-state index < -0.39 is 11.9 Å². The van der Waals surface area contributed by atoms with Crippen molar-refractivity contribution in [1.82, 2.24) is 15.1 Å². The first kappa shape index (κ1) is 22.9. The van der Waals surface area contributed by atoms with E-state index in [-0.39, 0.29) is 6.54 Å². The SMILES string of the molecule is CCCn1nc(-c2cccc(SC)c2)c(C(N)=O)c1CNC(=O)Nc1ccc(C#N)cc1. The number of hydrogen-bond acceptors (Lipinski definition) is 5. The molecule has 0 unspecified atom stereocenters. The molecule has 3 aromatic rings. The number of aromatic nitrogens is 2. The Bertz CT molecular complexity index is 1160. The maximum atomic E-state index is 12.4. The van der Waals surface area contributed by atoms with Crippen LogP contribution < -0.4 is 16.4 Å². The summed E-state index contributed by atoms with van der Waals surface area (Å²) in [5.41, 5.74) is 8.95. The van der Waals surface area contributed by atoms with Gasteiger partial charge in [0.2, 0.25) is 0 Å². The van der Waals surface area contributed by atoms with Gasteiger partial charge in [-0.05, 0) is 49.1 Å². The quantitative estimate of drug-likeness (QED) is 0.450. The van der Waals surface area contributed by atoms with E-state index in [9.17, 15) is 9.59 Å². The highest BCUT2D eigenvalue weighted by Gasteiger charge is 2.23. The summed E-state index contributed by atoms with van der Waals surface area (Å²) in [6.07, 6.45) is 2.78. The predicted octanol–water partition coefficient (Wildman–Crippen LogP) is 3.97. The van der Waals surface area contributed by atoms with Crippen LogP contribution in [-0.2, 0) is 13.1 Å². The number of benzene rings is 2. The molecule has 3 rings (SSSR count). The molecular weight excluding hydrogens is 424 g/mol. The van der Waals surface area contributed by atoms with Gasteiger partial charge in [-0.25, -0.2) is 4.79 Å². The van der Waals surface area contributed by atoms with E-state index in [1.165, 1.54) is 0 Å². The first-order valence-electron chi connectivity index (χ1n) is 10.1. The van der Waals surface area contributed by atoms with E-state index in [1.807, 2.05) is 43.5 Å². The molecule has 1 heterocycles. The number of rotatable bonds is 8. The van der Waals surface area contributed by atoms with Gasteiger partial charge in [-0.2, -0.15) is 10.4 Å². The Kier molecular flexibility index (Phi) is 7.52. The average Bonchev–Trinajstić information content (AvgIpc) is 3.17. The standard InChI is InChI=1S/C23H24N6O2S/c1-3-11-29-19(14-26-23(31)27-17-9-7-15(13-24)8-10-17)20(22(25)30)21(28-29)16-5-4-6-18(12-16)32-2/h4-10,12H,3,11,14H2,1-2H3,(H2,25,30)(H2,26,27,31). The topological polar surface area (TPSA) is 126 Å². The normalized spacial score (nSPS) is 10.4. The summed E-state index contributed by atoms with van der Waals surface area (Å²) < 4.78 is 1.73. The molecule has 8 nitrogen and oxygen atoms in total. The first-order chi connectivity index (χ1) is 15.5. The van der Waals surface area contributed by atoms with Crippen LogP contribution in [0.15, 0.2) is 53.4 Å². The van der Waals surface area contributed by atoms with Crippen molar-refractivity contribution in [3.8, 4) is 17.3 Å². The van der Waals surface area contributed by atoms with Crippen LogP contribution in [0, 0.1) is 11.3 Å². The lowest BCUT2D eigenvalue weighted by atomic mass is 10.1. The Labute approximate surface area is 190 Å². The molecule has 9 heteroatoms. The number of nitriles is 1. The van der Waals surface area contributed by atoms with Crippen LogP contribution >= 0.6 is 11.8 Å². The lowest BCUT2D eigenvalue weighted by Gasteiger charge is -2.10. The van der Waals surface area contributed by atoms with Gasteiger partial charge in [-0.1, -0.05) is 19.1 Å². The molecule has 0 saturated carbocycles. The molecule has 0 radical (unpaired) electrons. The van der Waals surface area contributed by atoms with Crippen LogP contribution in [0.25, 0.3) is 11.3 Å². The number of anilines is 1. The minimum Gasteiger partial charge on any atom is -0.365 e. The maximum Gasteiger partial charge on any atom is 0.319 e. The van der Waals surface area contributed by atoms with Crippen molar-refractivity contribution >= 4 is 29.4 Å². The molecule has 0 fully saturated rings. The van der Waals surface area contributed by atoms with E-state index in [2.05, 4.69) is 15.7 Å². The molecule has 0 aliphatic carbocycles. The molecule has 0 atom stereocenters. The Balaban J connectivity index is 1.87. The van der Waals surface area contributed by atoms with E-state index in [1.54, 1.807) is 40.7 Å². The van der Waals surface area contributed by atoms with E-state index >= 15 is 0 Å². The van der Waals surface area contributed by atoms with Gasteiger partial charge in [-0.15, -0.1) is 11.8 Å². The predicted molar refractivity (Wildman–Crippen MR) is 125 cm³/mol. The summed E-state index contributed by atoms with van der Waals surface area (Å²) in [5.74, 6) is -0.596. The Hall–Kier alpha value is -3.77. The third-order valence-electron chi connectivity index (χ3n) is 4.77. The number of nitrogens with two attached hydrogens (primary N) is 1. The van der Waals surface area contributed by atoms with Gasteiger partial charge in [0.15, 0.2) is 0 Å². The van der Waals surface area contributed by atoms with E-state index in [4.69, 9.17) is 11.0 Å². The summed E-state index contributed by atoms with van der Waals surface area (Å²) in [6, 6.07) is 15.9. The van der Waals surface area contributed by atoms with Gasteiger partial charge in [0.1, 0.15) is 5.69 Å². The van der Waals surface area contributed by atoms with E-state index in [0.717, 1.165) is 16.9 Å². The van der Waals surface area contributed by atoms with Crippen LogP contribution in [0.3, 0.4) is 0 Å². The fourth-order valence-corrected chi connectivity index (χ4v) is 3.73. The third-order valence-corrected chi connectivity index (χ3v) is 5.50. The number of aryl methyl sites for hydroxylation is 1. The van der Waals surface area contributed by atoms with Crippen molar-refractivity contribution in [3.63, 3.8) is 0 Å². The van der Waals surface area contributed by atoms with Crippen molar-refractivity contribution in [2.24, 2.45) is 5.73 Å². The molecule has 32 heavy (non-hydrogen) atoms. The molecule has 0 bridgehead atoms. The zero-order valence-electron chi connectivity index (χ0n) is 17.9. The highest BCUT2D eigenvalue weighted by atomic mass is 32.2. The summed E-state index contributed by atoms with van der Waals surface area (Å²) in [5, 5.41) is 19.0.